The molecule has 0 bridgehead atoms. The van der Waals surface area contributed by atoms with E-state index in [2.05, 4.69) is 59.4 Å². The number of benzene rings is 1. The Labute approximate surface area is 95.9 Å². The number of aryl methyl sites for hydroxylation is 1. The molecule has 1 N–H and O–H groups in total. The van der Waals surface area contributed by atoms with Crippen LogP contribution < -0.4 is 5.32 Å². The van der Waals surface area contributed by atoms with E-state index in [0.717, 1.165) is 13.1 Å². The Kier molecular flexibility index (Phi) is 2.29. The number of fused-ring (bicyclic) bond motifs is 1. The lowest BCUT2D eigenvalue weighted by Crippen LogP contribution is -2.33. The van der Waals surface area contributed by atoms with Crippen molar-refractivity contribution in [1.29, 1.82) is 0 Å². The van der Waals surface area contributed by atoms with Gasteiger partial charge in [-0.1, -0.05) is 24.3 Å². The zero-order valence-electron chi connectivity index (χ0n) is 9.48. The molecule has 1 aliphatic rings. The zero-order valence-corrected chi connectivity index (χ0v) is 9.48. The molecule has 0 radical (unpaired) electrons. The van der Waals surface area contributed by atoms with Gasteiger partial charge < -0.3 is 9.88 Å². The molecular formula is C14H16N2. The average molecular weight is 212 g/mol. The summed E-state index contributed by atoms with van der Waals surface area (Å²) in [6.07, 6.45) is 2.17. The number of hydrogen-bond acceptors (Lipinski definition) is 1. The second kappa shape index (κ2) is 3.80. The van der Waals surface area contributed by atoms with Crippen LogP contribution in [-0.2, 0) is 6.54 Å². The molecule has 2 nitrogen and oxygen atoms in total. The Bertz CT molecular complexity index is 499. The van der Waals surface area contributed by atoms with Crippen LogP contribution in [0.5, 0.6) is 0 Å². The molecule has 82 valence electrons. The molecular weight excluding hydrogens is 196 g/mol. The van der Waals surface area contributed by atoms with E-state index in [9.17, 15) is 0 Å². The maximum atomic E-state index is 3.60. The summed E-state index contributed by atoms with van der Waals surface area (Å²) < 4.78 is 2.34. The van der Waals surface area contributed by atoms with Gasteiger partial charge in [-0.15, -0.1) is 0 Å². The Balaban J connectivity index is 2.08. The van der Waals surface area contributed by atoms with Gasteiger partial charge in [-0.2, -0.15) is 0 Å². The molecule has 2 heterocycles. The monoisotopic (exact) mass is 212 g/mol. The van der Waals surface area contributed by atoms with Crippen molar-refractivity contribution in [2.45, 2.75) is 19.5 Å². The van der Waals surface area contributed by atoms with Gasteiger partial charge in [0.1, 0.15) is 0 Å². The van der Waals surface area contributed by atoms with E-state index in [1.807, 2.05) is 0 Å². The lowest BCUT2D eigenvalue weighted by atomic mass is 9.98. The van der Waals surface area contributed by atoms with Crippen molar-refractivity contribution in [3.8, 4) is 0 Å². The van der Waals surface area contributed by atoms with Crippen LogP contribution in [0.25, 0.3) is 0 Å². The molecule has 1 aliphatic heterocycles. The quantitative estimate of drug-likeness (QED) is 0.768. The fraction of sp³-hybridized carbons (Fsp3) is 0.286. The highest BCUT2D eigenvalue weighted by Crippen LogP contribution is 2.27. The van der Waals surface area contributed by atoms with Gasteiger partial charge in [-0.3, -0.25) is 0 Å². The standard InChI is InChI=1S/C14H16N2/c1-11-5-2-3-6-12(11)14-13-7-4-9-16(13)10-8-15-14/h2-7,9,14-15H,8,10H2,1H3/t14-/m0/s1. The predicted molar refractivity (Wildman–Crippen MR) is 65.5 cm³/mol. The second-order valence-electron chi connectivity index (χ2n) is 4.37. The highest BCUT2D eigenvalue weighted by molar-refractivity contribution is 5.35. The van der Waals surface area contributed by atoms with Crippen LogP contribution in [0.3, 0.4) is 0 Å². The number of aromatic nitrogens is 1. The summed E-state index contributed by atoms with van der Waals surface area (Å²) in [6.45, 7) is 4.30. The molecule has 0 amide bonds. The van der Waals surface area contributed by atoms with Crippen LogP contribution >= 0.6 is 0 Å². The third kappa shape index (κ3) is 1.46. The normalized spacial score (nSPS) is 19.4. The molecule has 1 atom stereocenters. The van der Waals surface area contributed by atoms with Crippen LogP contribution in [0.2, 0.25) is 0 Å². The molecule has 0 fully saturated rings. The Morgan fingerprint density at radius 3 is 2.94 bits per heavy atom. The van der Waals surface area contributed by atoms with Crippen molar-refractivity contribution < 1.29 is 0 Å². The average Bonchev–Trinajstić information content (AvgIpc) is 2.77. The Morgan fingerprint density at radius 1 is 1.19 bits per heavy atom. The summed E-state index contributed by atoms with van der Waals surface area (Å²) in [5.41, 5.74) is 4.12. The van der Waals surface area contributed by atoms with Crippen LogP contribution in [0.1, 0.15) is 22.9 Å². The van der Waals surface area contributed by atoms with E-state index in [-0.39, 0.29) is 0 Å². The van der Waals surface area contributed by atoms with E-state index >= 15 is 0 Å². The number of rotatable bonds is 1. The summed E-state index contributed by atoms with van der Waals surface area (Å²) in [7, 11) is 0. The fourth-order valence-corrected chi connectivity index (χ4v) is 2.51. The van der Waals surface area contributed by atoms with E-state index < -0.39 is 0 Å². The van der Waals surface area contributed by atoms with Crippen molar-refractivity contribution in [2.24, 2.45) is 0 Å². The molecule has 3 rings (SSSR count). The topological polar surface area (TPSA) is 17.0 Å². The lowest BCUT2D eigenvalue weighted by molar-refractivity contribution is 0.466. The van der Waals surface area contributed by atoms with Crippen molar-refractivity contribution in [2.75, 3.05) is 6.54 Å². The summed E-state index contributed by atoms with van der Waals surface area (Å²) in [5.74, 6) is 0. The van der Waals surface area contributed by atoms with Gasteiger partial charge in [0.15, 0.2) is 0 Å². The molecule has 16 heavy (non-hydrogen) atoms. The van der Waals surface area contributed by atoms with Crippen molar-refractivity contribution in [1.82, 2.24) is 9.88 Å². The van der Waals surface area contributed by atoms with Gasteiger partial charge in [-0.05, 0) is 30.2 Å². The summed E-state index contributed by atoms with van der Waals surface area (Å²) in [6, 6.07) is 13.3. The van der Waals surface area contributed by atoms with Gasteiger partial charge in [0.2, 0.25) is 0 Å². The lowest BCUT2D eigenvalue weighted by Gasteiger charge is -2.27. The molecule has 0 saturated carbocycles. The third-order valence-corrected chi connectivity index (χ3v) is 3.36. The van der Waals surface area contributed by atoms with Gasteiger partial charge in [-0.25, -0.2) is 0 Å². The first-order chi connectivity index (χ1) is 7.86. The summed E-state index contributed by atoms with van der Waals surface area (Å²) >= 11 is 0. The van der Waals surface area contributed by atoms with Crippen molar-refractivity contribution in [3.05, 3.63) is 59.4 Å². The minimum absolute atomic E-state index is 0.352. The second-order valence-corrected chi connectivity index (χ2v) is 4.37. The first kappa shape index (κ1) is 9.67. The smallest absolute Gasteiger partial charge is 0.0734 e. The largest absolute Gasteiger partial charge is 0.348 e. The first-order valence-corrected chi connectivity index (χ1v) is 5.80. The maximum Gasteiger partial charge on any atom is 0.0734 e. The first-order valence-electron chi connectivity index (χ1n) is 5.80. The number of hydrogen-bond donors (Lipinski definition) is 1. The van der Waals surface area contributed by atoms with Crippen molar-refractivity contribution >= 4 is 0 Å². The van der Waals surface area contributed by atoms with Crippen LogP contribution in [0.15, 0.2) is 42.6 Å². The van der Waals surface area contributed by atoms with Crippen molar-refractivity contribution in [3.63, 3.8) is 0 Å². The molecule has 2 heteroatoms. The molecule has 1 aromatic carbocycles. The Morgan fingerprint density at radius 2 is 2.06 bits per heavy atom. The SMILES string of the molecule is Cc1ccccc1[C@@H]1NCCn2cccc21. The van der Waals surface area contributed by atoms with Crippen LogP contribution in [0.4, 0.5) is 0 Å². The minimum atomic E-state index is 0.352. The molecule has 2 aromatic rings. The maximum absolute atomic E-state index is 3.60. The van der Waals surface area contributed by atoms with Gasteiger partial charge in [0.05, 0.1) is 6.04 Å². The van der Waals surface area contributed by atoms with E-state index in [1.165, 1.54) is 16.8 Å². The van der Waals surface area contributed by atoms with E-state index in [1.54, 1.807) is 0 Å². The fourth-order valence-electron chi connectivity index (χ4n) is 2.51. The van der Waals surface area contributed by atoms with Gasteiger partial charge in [0, 0.05) is 25.0 Å². The summed E-state index contributed by atoms with van der Waals surface area (Å²) in [4.78, 5) is 0. The predicted octanol–water partition coefficient (Wildman–Crippen LogP) is 2.49. The Hall–Kier alpha value is -1.54. The van der Waals surface area contributed by atoms with E-state index in [0.29, 0.717) is 6.04 Å². The zero-order chi connectivity index (χ0) is 11.0. The molecule has 0 aliphatic carbocycles. The molecule has 0 unspecified atom stereocenters. The number of nitrogens with one attached hydrogen (secondary N) is 1. The van der Waals surface area contributed by atoms with Crippen LogP contribution in [0, 0.1) is 6.92 Å². The number of nitrogens with zero attached hydrogens (tertiary/aromatic N) is 1. The highest BCUT2D eigenvalue weighted by Gasteiger charge is 2.21. The molecule has 0 saturated heterocycles. The molecule has 1 aromatic heterocycles. The highest BCUT2D eigenvalue weighted by atomic mass is 15.1. The van der Waals surface area contributed by atoms with Crippen LogP contribution in [-0.4, -0.2) is 11.1 Å². The van der Waals surface area contributed by atoms with Gasteiger partial charge >= 0.3 is 0 Å². The molecule has 0 spiro atoms. The van der Waals surface area contributed by atoms with E-state index in [4.69, 9.17) is 0 Å². The minimum Gasteiger partial charge on any atom is -0.348 e. The van der Waals surface area contributed by atoms with Gasteiger partial charge in [0.25, 0.3) is 0 Å². The third-order valence-electron chi connectivity index (χ3n) is 3.36. The summed E-state index contributed by atoms with van der Waals surface area (Å²) in [5, 5.41) is 3.60.